The quantitative estimate of drug-likeness (QED) is 0.848. The molecule has 0 spiro atoms. The van der Waals surface area contributed by atoms with Crippen molar-refractivity contribution in [2.24, 2.45) is 11.8 Å². The topological polar surface area (TPSA) is 33.4 Å². The molecular formula is C14H17BrN4. The number of halogens is 1. The fraction of sp³-hybridized carbons (Fsp3) is 0.571. The second kappa shape index (κ2) is 4.47. The van der Waals surface area contributed by atoms with Crippen LogP contribution in [0.3, 0.4) is 0 Å². The van der Waals surface area contributed by atoms with E-state index in [0.29, 0.717) is 0 Å². The van der Waals surface area contributed by atoms with E-state index in [0.717, 1.165) is 41.0 Å². The van der Waals surface area contributed by atoms with Crippen molar-refractivity contribution in [2.45, 2.75) is 25.7 Å². The predicted molar refractivity (Wildman–Crippen MR) is 78.3 cm³/mol. The molecule has 19 heavy (non-hydrogen) atoms. The van der Waals surface area contributed by atoms with E-state index in [9.17, 15) is 0 Å². The van der Waals surface area contributed by atoms with E-state index in [2.05, 4.69) is 30.2 Å². The van der Waals surface area contributed by atoms with E-state index < -0.39 is 0 Å². The molecule has 0 amide bonds. The maximum absolute atomic E-state index is 4.69. The van der Waals surface area contributed by atoms with Gasteiger partial charge in [-0.3, -0.25) is 0 Å². The number of rotatable bonds is 5. The molecule has 0 atom stereocenters. The van der Waals surface area contributed by atoms with Crippen LogP contribution in [0.4, 0.5) is 5.82 Å². The molecular weight excluding hydrogens is 304 g/mol. The minimum Gasteiger partial charge on any atom is -0.353 e. The van der Waals surface area contributed by atoms with Gasteiger partial charge in [0.15, 0.2) is 11.5 Å². The number of aromatic nitrogens is 3. The first kappa shape index (κ1) is 11.7. The van der Waals surface area contributed by atoms with E-state index in [-0.39, 0.29) is 0 Å². The van der Waals surface area contributed by atoms with Gasteiger partial charge in [0.05, 0.1) is 0 Å². The van der Waals surface area contributed by atoms with Gasteiger partial charge in [0.25, 0.3) is 0 Å². The third-order valence-corrected chi connectivity index (χ3v) is 4.36. The molecule has 2 aromatic heterocycles. The molecule has 2 fully saturated rings. The molecule has 2 aromatic rings. The summed E-state index contributed by atoms with van der Waals surface area (Å²) in [5.41, 5.74) is 0.976. The molecule has 0 aliphatic heterocycles. The first-order chi connectivity index (χ1) is 9.29. The Morgan fingerprint density at radius 1 is 1.21 bits per heavy atom. The van der Waals surface area contributed by atoms with Gasteiger partial charge in [-0.2, -0.15) is 0 Å². The van der Waals surface area contributed by atoms with Crippen molar-refractivity contribution in [1.29, 1.82) is 0 Å². The molecule has 0 N–H and O–H groups in total. The number of hydrogen-bond donors (Lipinski definition) is 0. The Balaban J connectivity index is 1.72. The van der Waals surface area contributed by atoms with Gasteiger partial charge in [-0.05, 0) is 53.4 Å². The zero-order chi connectivity index (χ0) is 12.8. The molecule has 2 heterocycles. The van der Waals surface area contributed by atoms with Crippen molar-refractivity contribution < 1.29 is 0 Å². The fourth-order valence-electron chi connectivity index (χ4n) is 2.57. The Labute approximate surface area is 121 Å². The van der Waals surface area contributed by atoms with Gasteiger partial charge in [0.1, 0.15) is 4.60 Å². The molecule has 4 rings (SSSR count). The largest absolute Gasteiger partial charge is 0.353 e. The van der Waals surface area contributed by atoms with Gasteiger partial charge >= 0.3 is 0 Å². The van der Waals surface area contributed by atoms with E-state index in [1.807, 2.05) is 18.6 Å². The van der Waals surface area contributed by atoms with E-state index in [4.69, 9.17) is 4.98 Å². The molecule has 2 saturated carbocycles. The van der Waals surface area contributed by atoms with Gasteiger partial charge in [0.2, 0.25) is 0 Å². The Bertz CT molecular complexity index is 587. The summed E-state index contributed by atoms with van der Waals surface area (Å²) in [6, 6.07) is 0. The summed E-state index contributed by atoms with van der Waals surface area (Å²) in [5.74, 6) is 2.78. The van der Waals surface area contributed by atoms with Crippen LogP contribution in [0.25, 0.3) is 5.65 Å². The Hall–Kier alpha value is -1.10. The lowest BCUT2D eigenvalue weighted by molar-refractivity contribution is 0.671. The van der Waals surface area contributed by atoms with Crippen molar-refractivity contribution in [3.8, 4) is 0 Å². The molecule has 0 aromatic carbocycles. The predicted octanol–water partition coefficient (Wildman–Crippen LogP) is 3.12. The first-order valence-corrected chi connectivity index (χ1v) is 7.83. The van der Waals surface area contributed by atoms with Crippen LogP contribution >= 0.6 is 15.9 Å². The molecule has 0 unspecified atom stereocenters. The minimum atomic E-state index is 0.870. The van der Waals surface area contributed by atoms with Gasteiger partial charge in [0, 0.05) is 31.7 Å². The molecule has 0 saturated heterocycles. The van der Waals surface area contributed by atoms with Crippen LogP contribution in [0, 0.1) is 11.8 Å². The second-order valence-corrected chi connectivity index (χ2v) is 6.65. The number of anilines is 1. The Morgan fingerprint density at radius 2 is 1.89 bits per heavy atom. The Morgan fingerprint density at radius 3 is 2.53 bits per heavy atom. The molecule has 4 nitrogen and oxygen atoms in total. The minimum absolute atomic E-state index is 0.870. The number of nitrogens with zero attached hydrogens (tertiary/aromatic N) is 4. The monoisotopic (exact) mass is 320 g/mol. The van der Waals surface area contributed by atoms with Crippen molar-refractivity contribution >= 4 is 27.4 Å². The van der Waals surface area contributed by atoms with Gasteiger partial charge in [-0.25, -0.2) is 9.97 Å². The molecule has 0 radical (unpaired) electrons. The number of fused-ring (bicyclic) bond motifs is 1. The molecule has 0 bridgehead atoms. The molecule has 5 heteroatoms. The zero-order valence-electron chi connectivity index (χ0n) is 10.8. The normalized spacial score (nSPS) is 19.0. The lowest BCUT2D eigenvalue weighted by atomic mass is 10.3. The highest BCUT2D eigenvalue weighted by atomic mass is 79.9. The highest BCUT2D eigenvalue weighted by molar-refractivity contribution is 9.10. The van der Waals surface area contributed by atoms with Crippen molar-refractivity contribution in [3.63, 3.8) is 0 Å². The molecule has 2 aliphatic carbocycles. The summed E-state index contributed by atoms with van der Waals surface area (Å²) in [5, 5.41) is 0. The van der Waals surface area contributed by atoms with Crippen LogP contribution in [0.1, 0.15) is 25.7 Å². The molecule has 2 aliphatic rings. The van der Waals surface area contributed by atoms with E-state index in [1.54, 1.807) is 0 Å². The summed E-state index contributed by atoms with van der Waals surface area (Å²) in [6.07, 6.45) is 11.3. The van der Waals surface area contributed by atoms with Crippen LogP contribution < -0.4 is 4.90 Å². The summed E-state index contributed by atoms with van der Waals surface area (Å²) in [4.78, 5) is 11.6. The lowest BCUT2D eigenvalue weighted by Crippen LogP contribution is -2.29. The smallest absolute Gasteiger partial charge is 0.180 e. The highest BCUT2D eigenvalue weighted by Gasteiger charge is 2.31. The summed E-state index contributed by atoms with van der Waals surface area (Å²) in [6.45, 7) is 2.28. The van der Waals surface area contributed by atoms with Crippen molar-refractivity contribution in [2.75, 3.05) is 18.0 Å². The van der Waals surface area contributed by atoms with Gasteiger partial charge < -0.3 is 9.30 Å². The second-order valence-electron chi connectivity index (χ2n) is 5.84. The SMILES string of the molecule is Brc1cn2ccnc2c(N(CC2CC2)CC2CC2)n1. The van der Waals surface area contributed by atoms with E-state index >= 15 is 0 Å². The van der Waals surface area contributed by atoms with Crippen LogP contribution in [0.5, 0.6) is 0 Å². The van der Waals surface area contributed by atoms with Gasteiger partial charge in [-0.15, -0.1) is 0 Å². The van der Waals surface area contributed by atoms with Gasteiger partial charge in [-0.1, -0.05) is 0 Å². The Kier molecular flexibility index (Phi) is 2.76. The van der Waals surface area contributed by atoms with Crippen LogP contribution in [-0.4, -0.2) is 27.5 Å². The maximum Gasteiger partial charge on any atom is 0.180 e. The van der Waals surface area contributed by atoms with Crippen LogP contribution in [-0.2, 0) is 0 Å². The van der Waals surface area contributed by atoms with E-state index in [1.165, 1.54) is 25.7 Å². The number of imidazole rings is 1. The lowest BCUT2D eigenvalue weighted by Gasteiger charge is -2.24. The van der Waals surface area contributed by atoms with Crippen molar-refractivity contribution in [1.82, 2.24) is 14.4 Å². The van der Waals surface area contributed by atoms with Crippen LogP contribution in [0.15, 0.2) is 23.2 Å². The van der Waals surface area contributed by atoms with Crippen molar-refractivity contribution in [3.05, 3.63) is 23.2 Å². The fourth-order valence-corrected chi connectivity index (χ4v) is 2.96. The highest BCUT2D eigenvalue weighted by Crippen LogP contribution is 2.36. The third kappa shape index (κ3) is 2.48. The first-order valence-electron chi connectivity index (χ1n) is 7.04. The third-order valence-electron chi connectivity index (χ3n) is 3.98. The average molecular weight is 321 g/mol. The maximum atomic E-state index is 4.69. The zero-order valence-corrected chi connectivity index (χ0v) is 12.4. The standard InChI is InChI=1S/C14H17BrN4/c15-12-9-18-6-5-16-13(18)14(17-12)19(7-10-1-2-10)8-11-3-4-11/h5-6,9-11H,1-4,7-8H2. The summed E-state index contributed by atoms with van der Waals surface area (Å²) in [7, 11) is 0. The molecule has 100 valence electrons. The summed E-state index contributed by atoms with van der Waals surface area (Å²) < 4.78 is 2.93. The average Bonchev–Trinajstić information content (AvgIpc) is 3.30. The summed E-state index contributed by atoms with van der Waals surface area (Å²) >= 11 is 3.51. The van der Waals surface area contributed by atoms with Crippen LogP contribution in [0.2, 0.25) is 0 Å². The number of hydrogen-bond acceptors (Lipinski definition) is 3.